The van der Waals surface area contributed by atoms with Crippen molar-refractivity contribution in [2.24, 2.45) is 0 Å². The average Bonchev–Trinajstić information content (AvgIpc) is 2.78. The standard InChI is InChI=1S/C25H29N3O3/c1-19-6-5-7-20(14-19)16-27-10-12-28(13-11-27)24(29)17-26(2)25(30)22-15-21-8-3-4-9-23(21)31-18-22/h3-9,14-15H,10-13,16-18H2,1-2H3/p+1. The number of hydrogen-bond acceptors (Lipinski definition) is 3. The Balaban J connectivity index is 1.28. The number of carbonyl (C=O) groups is 2. The minimum Gasteiger partial charge on any atom is -0.488 e. The van der Waals surface area contributed by atoms with Gasteiger partial charge in [0.25, 0.3) is 5.91 Å². The molecule has 0 saturated carbocycles. The zero-order chi connectivity index (χ0) is 21.8. The van der Waals surface area contributed by atoms with Crippen LogP contribution in [0, 0.1) is 6.92 Å². The average molecular weight is 421 g/mol. The van der Waals surface area contributed by atoms with Gasteiger partial charge in [-0.1, -0.05) is 48.0 Å². The van der Waals surface area contributed by atoms with Crippen LogP contribution in [-0.2, 0) is 16.1 Å². The number of fused-ring (bicyclic) bond motifs is 1. The van der Waals surface area contributed by atoms with Crippen LogP contribution in [0.25, 0.3) is 6.08 Å². The zero-order valence-corrected chi connectivity index (χ0v) is 18.3. The van der Waals surface area contributed by atoms with Crippen LogP contribution in [0.3, 0.4) is 0 Å². The molecule has 0 spiro atoms. The molecule has 1 N–H and O–H groups in total. The highest BCUT2D eigenvalue weighted by Crippen LogP contribution is 2.26. The van der Waals surface area contributed by atoms with E-state index in [0.29, 0.717) is 5.57 Å². The Morgan fingerprint density at radius 2 is 1.87 bits per heavy atom. The highest BCUT2D eigenvalue weighted by Gasteiger charge is 2.27. The van der Waals surface area contributed by atoms with Crippen LogP contribution in [0.5, 0.6) is 5.75 Å². The molecule has 2 aliphatic rings. The maximum Gasteiger partial charge on any atom is 0.253 e. The minimum absolute atomic E-state index is 0.00295. The van der Waals surface area contributed by atoms with Crippen molar-refractivity contribution in [1.29, 1.82) is 0 Å². The Morgan fingerprint density at radius 1 is 1.10 bits per heavy atom. The molecule has 6 nitrogen and oxygen atoms in total. The summed E-state index contributed by atoms with van der Waals surface area (Å²) in [5, 5.41) is 0. The van der Waals surface area contributed by atoms with Crippen molar-refractivity contribution in [3.05, 3.63) is 70.8 Å². The Kier molecular flexibility index (Phi) is 6.37. The van der Waals surface area contributed by atoms with Gasteiger partial charge >= 0.3 is 0 Å². The van der Waals surface area contributed by atoms with Gasteiger partial charge in [0.2, 0.25) is 5.91 Å². The van der Waals surface area contributed by atoms with Crippen LogP contribution < -0.4 is 9.64 Å². The number of rotatable bonds is 5. The Bertz CT molecular complexity index is 993. The van der Waals surface area contributed by atoms with E-state index in [9.17, 15) is 9.59 Å². The first-order valence-electron chi connectivity index (χ1n) is 10.8. The minimum atomic E-state index is -0.161. The third kappa shape index (κ3) is 5.14. The number of benzene rings is 2. The number of para-hydroxylation sites is 1. The first-order chi connectivity index (χ1) is 15.0. The van der Waals surface area contributed by atoms with E-state index in [1.165, 1.54) is 20.9 Å². The fourth-order valence-electron chi connectivity index (χ4n) is 4.22. The van der Waals surface area contributed by atoms with Gasteiger partial charge in [0, 0.05) is 18.2 Å². The fraction of sp³-hybridized carbons (Fsp3) is 0.360. The quantitative estimate of drug-likeness (QED) is 0.790. The number of nitrogens with zero attached hydrogens (tertiary/aromatic N) is 2. The lowest BCUT2D eigenvalue weighted by Gasteiger charge is -2.33. The number of nitrogens with one attached hydrogen (secondary N) is 1. The smallest absolute Gasteiger partial charge is 0.253 e. The molecule has 1 saturated heterocycles. The highest BCUT2D eigenvalue weighted by atomic mass is 16.5. The SMILES string of the molecule is Cc1cccc(C[NH+]2CCN(C(=O)CN(C)C(=O)C3=Cc4ccccc4OC3)CC2)c1. The van der Waals surface area contributed by atoms with Crippen molar-refractivity contribution >= 4 is 17.9 Å². The number of quaternary nitrogens is 1. The van der Waals surface area contributed by atoms with Crippen LogP contribution in [0.2, 0.25) is 0 Å². The molecule has 6 heteroatoms. The molecule has 0 unspecified atom stereocenters. The molecule has 0 aromatic heterocycles. The summed E-state index contributed by atoms with van der Waals surface area (Å²) < 4.78 is 5.68. The van der Waals surface area contributed by atoms with Gasteiger partial charge in [-0.15, -0.1) is 0 Å². The summed E-state index contributed by atoms with van der Waals surface area (Å²) in [6, 6.07) is 16.2. The summed E-state index contributed by atoms with van der Waals surface area (Å²) >= 11 is 0. The molecule has 31 heavy (non-hydrogen) atoms. The second kappa shape index (κ2) is 9.35. The van der Waals surface area contributed by atoms with E-state index in [1.54, 1.807) is 7.05 Å². The molecule has 2 amide bonds. The van der Waals surface area contributed by atoms with E-state index in [-0.39, 0.29) is 25.0 Å². The molecule has 0 aliphatic carbocycles. The third-order valence-corrected chi connectivity index (χ3v) is 5.99. The normalized spacial score (nSPS) is 16.2. The molecular formula is C25H30N3O3+. The third-order valence-electron chi connectivity index (χ3n) is 5.99. The molecule has 2 aliphatic heterocycles. The van der Waals surface area contributed by atoms with Gasteiger partial charge in [0.1, 0.15) is 18.9 Å². The van der Waals surface area contributed by atoms with Crippen LogP contribution in [-0.4, -0.2) is 68.0 Å². The van der Waals surface area contributed by atoms with Crippen LogP contribution in [0.15, 0.2) is 54.1 Å². The van der Waals surface area contributed by atoms with Crippen molar-refractivity contribution in [2.45, 2.75) is 13.5 Å². The van der Waals surface area contributed by atoms with Crippen molar-refractivity contribution in [3.8, 4) is 5.75 Å². The zero-order valence-electron chi connectivity index (χ0n) is 18.3. The lowest BCUT2D eigenvalue weighted by molar-refractivity contribution is -0.917. The maximum absolute atomic E-state index is 12.8. The van der Waals surface area contributed by atoms with Gasteiger partial charge in [0.05, 0.1) is 38.3 Å². The summed E-state index contributed by atoms with van der Waals surface area (Å²) in [5.74, 6) is 0.624. The number of amides is 2. The number of likely N-dealkylation sites (N-methyl/N-ethyl adjacent to an activating group) is 1. The lowest BCUT2D eigenvalue weighted by Crippen LogP contribution is -3.13. The highest BCUT2D eigenvalue weighted by molar-refractivity contribution is 6.00. The molecule has 2 aromatic carbocycles. The van der Waals surface area contributed by atoms with Gasteiger partial charge in [-0.3, -0.25) is 9.59 Å². The Labute approximate surface area is 183 Å². The number of hydrogen-bond donors (Lipinski definition) is 1. The van der Waals surface area contributed by atoms with E-state index in [1.807, 2.05) is 35.2 Å². The van der Waals surface area contributed by atoms with Crippen molar-refractivity contribution in [2.75, 3.05) is 46.4 Å². The molecule has 2 heterocycles. The molecule has 162 valence electrons. The van der Waals surface area contributed by atoms with Crippen molar-refractivity contribution < 1.29 is 19.2 Å². The van der Waals surface area contributed by atoms with Crippen molar-refractivity contribution in [1.82, 2.24) is 9.80 Å². The van der Waals surface area contributed by atoms with Crippen LogP contribution >= 0.6 is 0 Å². The van der Waals surface area contributed by atoms with Crippen molar-refractivity contribution in [3.63, 3.8) is 0 Å². The predicted molar refractivity (Wildman–Crippen MR) is 120 cm³/mol. The second-order valence-corrected chi connectivity index (χ2v) is 8.45. The first kappa shape index (κ1) is 21.1. The van der Waals surface area contributed by atoms with Crippen LogP contribution in [0.4, 0.5) is 0 Å². The fourth-order valence-corrected chi connectivity index (χ4v) is 4.22. The topological polar surface area (TPSA) is 54.3 Å². The predicted octanol–water partition coefficient (Wildman–Crippen LogP) is 1.16. The summed E-state index contributed by atoms with van der Waals surface area (Å²) in [6.45, 7) is 6.71. The monoisotopic (exact) mass is 420 g/mol. The Morgan fingerprint density at radius 3 is 2.65 bits per heavy atom. The maximum atomic E-state index is 12.8. The summed E-state index contributed by atoms with van der Waals surface area (Å²) in [6.07, 6.45) is 1.86. The second-order valence-electron chi connectivity index (χ2n) is 8.45. The van der Waals surface area contributed by atoms with E-state index in [0.717, 1.165) is 44.0 Å². The summed E-state index contributed by atoms with van der Waals surface area (Å²) in [7, 11) is 1.68. The molecule has 0 radical (unpaired) electrons. The van der Waals surface area contributed by atoms with E-state index < -0.39 is 0 Å². The lowest BCUT2D eigenvalue weighted by atomic mass is 10.1. The Hall–Kier alpha value is -3.12. The van der Waals surface area contributed by atoms with Gasteiger partial charge in [-0.05, 0) is 19.1 Å². The largest absolute Gasteiger partial charge is 0.488 e. The number of aryl methyl sites for hydroxylation is 1. The molecule has 1 fully saturated rings. The van der Waals surface area contributed by atoms with Gasteiger partial charge < -0.3 is 19.4 Å². The van der Waals surface area contributed by atoms with Gasteiger partial charge in [0.15, 0.2) is 0 Å². The summed E-state index contributed by atoms with van der Waals surface area (Å²) in [5.41, 5.74) is 4.08. The van der Waals surface area contributed by atoms with E-state index in [2.05, 4.69) is 31.2 Å². The van der Waals surface area contributed by atoms with Gasteiger partial charge in [-0.25, -0.2) is 0 Å². The first-order valence-corrected chi connectivity index (χ1v) is 10.8. The molecule has 4 rings (SSSR count). The van der Waals surface area contributed by atoms with Crippen LogP contribution in [0.1, 0.15) is 16.7 Å². The van der Waals surface area contributed by atoms with E-state index in [4.69, 9.17) is 4.74 Å². The van der Waals surface area contributed by atoms with E-state index >= 15 is 0 Å². The molecular weight excluding hydrogens is 390 g/mol. The van der Waals surface area contributed by atoms with Gasteiger partial charge in [-0.2, -0.15) is 0 Å². The molecule has 2 aromatic rings. The number of ether oxygens (including phenoxy) is 1. The summed E-state index contributed by atoms with van der Waals surface area (Å²) in [4.78, 5) is 30.5. The molecule has 0 bridgehead atoms. The molecule has 0 atom stereocenters. The number of piperazine rings is 1. The number of carbonyl (C=O) groups excluding carboxylic acids is 2.